The van der Waals surface area contributed by atoms with Gasteiger partial charge in [0.2, 0.25) is 0 Å². The Hall–Kier alpha value is -3.41. The third kappa shape index (κ3) is 4.06. The molecule has 0 bridgehead atoms. The van der Waals surface area contributed by atoms with Gasteiger partial charge in [0.05, 0.1) is 33.9 Å². The molecule has 1 aliphatic heterocycles. The lowest BCUT2D eigenvalue weighted by atomic mass is 9.85. The van der Waals surface area contributed by atoms with Gasteiger partial charge in [-0.15, -0.1) is 6.58 Å². The molecule has 3 aromatic rings. The fraction of sp³-hybridized carbons (Fsp3) is 0.370. The van der Waals surface area contributed by atoms with Crippen LogP contribution in [-0.2, 0) is 17.7 Å². The Labute approximate surface area is 194 Å². The first kappa shape index (κ1) is 22.8. The maximum atomic E-state index is 13.1. The second kappa shape index (κ2) is 8.50. The van der Waals surface area contributed by atoms with Gasteiger partial charge in [-0.3, -0.25) is 4.90 Å². The van der Waals surface area contributed by atoms with Crippen LogP contribution in [0, 0.1) is 0 Å². The molecule has 0 saturated heterocycles. The number of carbonyl (C=O) groups is 1. The van der Waals surface area contributed by atoms with Gasteiger partial charge in [-0.2, -0.15) is 0 Å². The van der Waals surface area contributed by atoms with Gasteiger partial charge >= 0.3 is 6.09 Å². The molecule has 0 fully saturated rings. The number of methoxy groups -OCH3 is 3. The van der Waals surface area contributed by atoms with Crippen molar-refractivity contribution in [3.63, 3.8) is 0 Å². The van der Waals surface area contributed by atoms with Gasteiger partial charge in [0.15, 0.2) is 11.5 Å². The molecule has 6 heteroatoms. The van der Waals surface area contributed by atoms with E-state index in [-0.39, 0.29) is 12.1 Å². The zero-order valence-corrected chi connectivity index (χ0v) is 20.2. The third-order valence-electron chi connectivity index (χ3n) is 6.10. The predicted octanol–water partition coefficient (Wildman–Crippen LogP) is 5.87. The summed E-state index contributed by atoms with van der Waals surface area (Å²) in [6, 6.07) is 9.90. The Morgan fingerprint density at radius 2 is 1.58 bits per heavy atom. The number of hydrogen-bond acceptors (Lipinski definition) is 5. The quantitative estimate of drug-likeness (QED) is 0.368. The Morgan fingerprint density at radius 1 is 0.939 bits per heavy atom. The van der Waals surface area contributed by atoms with E-state index in [2.05, 4.69) is 12.6 Å². The van der Waals surface area contributed by atoms with Gasteiger partial charge in [0, 0.05) is 0 Å². The summed E-state index contributed by atoms with van der Waals surface area (Å²) in [7, 11) is 4.93. The van der Waals surface area contributed by atoms with E-state index in [0.717, 1.165) is 32.9 Å². The fourth-order valence-corrected chi connectivity index (χ4v) is 4.56. The molecular weight excluding hydrogens is 418 g/mol. The number of fused-ring (bicyclic) bond motifs is 6. The molecule has 3 aromatic carbocycles. The molecule has 4 rings (SSSR count). The van der Waals surface area contributed by atoms with E-state index in [0.29, 0.717) is 24.5 Å². The summed E-state index contributed by atoms with van der Waals surface area (Å²) >= 11 is 0. The van der Waals surface area contributed by atoms with Gasteiger partial charge in [-0.1, -0.05) is 12.1 Å². The molecule has 1 aliphatic rings. The highest BCUT2D eigenvalue weighted by atomic mass is 16.6. The van der Waals surface area contributed by atoms with Crippen molar-refractivity contribution in [2.45, 2.75) is 45.4 Å². The summed E-state index contributed by atoms with van der Waals surface area (Å²) in [4.78, 5) is 14.8. The van der Waals surface area contributed by atoms with E-state index in [1.54, 1.807) is 26.2 Å². The van der Waals surface area contributed by atoms with Gasteiger partial charge in [-0.05, 0) is 84.1 Å². The first-order valence-corrected chi connectivity index (χ1v) is 11.0. The van der Waals surface area contributed by atoms with Crippen LogP contribution in [0.2, 0.25) is 0 Å². The lowest BCUT2D eigenvalue weighted by Crippen LogP contribution is -2.45. The van der Waals surface area contributed by atoms with Crippen molar-refractivity contribution in [3.05, 3.63) is 54.1 Å². The standard InChI is InChI=1S/C27H31NO5/c1-8-16-11-19-21-13-24(31-6)25(32-7)14-22(21)20-12-17(30-5)9-10-18(20)23(19)15-28(16)26(29)33-27(2,3)4/h8-10,12-14,16H,1,11,15H2,2-7H3. The van der Waals surface area contributed by atoms with E-state index < -0.39 is 5.60 Å². The molecule has 0 spiro atoms. The highest BCUT2D eigenvalue weighted by molar-refractivity contribution is 6.12. The van der Waals surface area contributed by atoms with Crippen LogP contribution in [0.3, 0.4) is 0 Å². The molecule has 6 nitrogen and oxygen atoms in total. The van der Waals surface area contributed by atoms with Crippen LogP contribution < -0.4 is 14.2 Å². The number of hydrogen-bond donors (Lipinski definition) is 0. The Morgan fingerprint density at radius 3 is 2.15 bits per heavy atom. The molecule has 0 saturated carbocycles. The van der Waals surface area contributed by atoms with Crippen molar-refractivity contribution in [2.24, 2.45) is 0 Å². The van der Waals surface area contributed by atoms with Crippen LogP contribution in [0.4, 0.5) is 4.79 Å². The fourth-order valence-electron chi connectivity index (χ4n) is 4.56. The smallest absolute Gasteiger partial charge is 0.411 e. The third-order valence-corrected chi connectivity index (χ3v) is 6.10. The van der Waals surface area contributed by atoms with Crippen molar-refractivity contribution >= 4 is 27.6 Å². The molecule has 1 atom stereocenters. The minimum Gasteiger partial charge on any atom is -0.497 e. The minimum atomic E-state index is -0.578. The summed E-state index contributed by atoms with van der Waals surface area (Å²) in [5.74, 6) is 2.10. The van der Waals surface area contributed by atoms with E-state index >= 15 is 0 Å². The lowest BCUT2D eigenvalue weighted by Gasteiger charge is -2.37. The van der Waals surface area contributed by atoms with Crippen molar-refractivity contribution < 1.29 is 23.7 Å². The molecule has 1 heterocycles. The summed E-state index contributed by atoms with van der Waals surface area (Å²) < 4.78 is 22.4. The first-order chi connectivity index (χ1) is 15.7. The maximum Gasteiger partial charge on any atom is 0.411 e. The number of amides is 1. The summed E-state index contributed by atoms with van der Waals surface area (Å²) in [5.41, 5.74) is 1.69. The van der Waals surface area contributed by atoms with Crippen LogP contribution >= 0.6 is 0 Å². The number of ether oxygens (including phenoxy) is 4. The normalized spacial score (nSPS) is 15.8. The second-order valence-electron chi connectivity index (χ2n) is 9.24. The summed E-state index contributed by atoms with van der Waals surface area (Å²) in [6.07, 6.45) is 2.11. The Balaban J connectivity index is 2.00. The zero-order valence-electron chi connectivity index (χ0n) is 20.2. The van der Waals surface area contributed by atoms with Crippen LogP contribution in [-0.4, -0.2) is 44.0 Å². The molecule has 1 amide bonds. The van der Waals surface area contributed by atoms with E-state index in [1.807, 2.05) is 51.1 Å². The number of benzene rings is 3. The minimum absolute atomic E-state index is 0.181. The Kier molecular flexibility index (Phi) is 5.87. The van der Waals surface area contributed by atoms with Crippen LogP contribution in [0.1, 0.15) is 31.9 Å². The number of carbonyl (C=O) groups excluding carboxylic acids is 1. The summed E-state index contributed by atoms with van der Waals surface area (Å²) in [6.45, 7) is 10.1. The first-order valence-electron chi connectivity index (χ1n) is 11.0. The van der Waals surface area contributed by atoms with Crippen molar-refractivity contribution in [3.8, 4) is 17.2 Å². The van der Waals surface area contributed by atoms with Gasteiger partial charge in [0.25, 0.3) is 0 Å². The van der Waals surface area contributed by atoms with Crippen LogP contribution in [0.15, 0.2) is 43.0 Å². The molecule has 33 heavy (non-hydrogen) atoms. The Bertz CT molecular complexity index is 1240. The highest BCUT2D eigenvalue weighted by Crippen LogP contribution is 2.43. The molecular formula is C27H31NO5. The topological polar surface area (TPSA) is 57.2 Å². The van der Waals surface area contributed by atoms with Gasteiger partial charge in [-0.25, -0.2) is 4.79 Å². The van der Waals surface area contributed by atoms with Gasteiger partial charge < -0.3 is 18.9 Å². The highest BCUT2D eigenvalue weighted by Gasteiger charge is 2.33. The SMILES string of the molecule is C=CC1Cc2c(c3ccc(OC)cc3c3cc(OC)c(OC)cc23)CN1C(=O)OC(C)(C)C. The van der Waals surface area contributed by atoms with Crippen molar-refractivity contribution in [1.82, 2.24) is 4.90 Å². The van der Waals surface area contributed by atoms with Crippen LogP contribution in [0.25, 0.3) is 21.5 Å². The lowest BCUT2D eigenvalue weighted by molar-refractivity contribution is 0.0166. The zero-order chi connectivity index (χ0) is 23.9. The molecule has 0 aliphatic carbocycles. The van der Waals surface area contributed by atoms with Crippen molar-refractivity contribution in [1.29, 1.82) is 0 Å². The largest absolute Gasteiger partial charge is 0.497 e. The average molecular weight is 450 g/mol. The molecule has 0 aromatic heterocycles. The monoisotopic (exact) mass is 449 g/mol. The van der Waals surface area contributed by atoms with Crippen LogP contribution in [0.5, 0.6) is 17.2 Å². The van der Waals surface area contributed by atoms with E-state index in [4.69, 9.17) is 18.9 Å². The second-order valence-corrected chi connectivity index (χ2v) is 9.24. The number of nitrogens with zero attached hydrogens (tertiary/aromatic N) is 1. The van der Waals surface area contributed by atoms with Gasteiger partial charge in [0.1, 0.15) is 11.4 Å². The molecule has 0 radical (unpaired) electrons. The molecule has 0 N–H and O–H groups in total. The average Bonchev–Trinajstić information content (AvgIpc) is 2.80. The maximum absolute atomic E-state index is 13.1. The van der Waals surface area contributed by atoms with E-state index in [9.17, 15) is 4.79 Å². The predicted molar refractivity (Wildman–Crippen MR) is 131 cm³/mol. The van der Waals surface area contributed by atoms with E-state index in [1.165, 1.54) is 5.56 Å². The number of rotatable bonds is 4. The van der Waals surface area contributed by atoms with Crippen molar-refractivity contribution in [2.75, 3.05) is 21.3 Å². The molecule has 174 valence electrons. The summed E-state index contributed by atoms with van der Waals surface area (Å²) in [5, 5.41) is 4.22. The molecule has 1 unspecified atom stereocenters.